The van der Waals surface area contributed by atoms with E-state index in [1.54, 1.807) is 0 Å². The predicted molar refractivity (Wildman–Crippen MR) is 72.3 cm³/mol. The summed E-state index contributed by atoms with van der Waals surface area (Å²) in [6.45, 7) is 1.45. The van der Waals surface area contributed by atoms with Crippen LogP contribution in [-0.2, 0) is 4.79 Å². The Labute approximate surface area is 120 Å². The van der Waals surface area contributed by atoms with Gasteiger partial charge in [0.25, 0.3) is 0 Å². The molecule has 0 radical (unpaired) electrons. The van der Waals surface area contributed by atoms with Gasteiger partial charge in [-0.2, -0.15) is 0 Å². The number of anilines is 1. The van der Waals surface area contributed by atoms with Crippen molar-refractivity contribution in [2.75, 3.05) is 5.32 Å². The van der Waals surface area contributed by atoms with E-state index in [9.17, 15) is 19.1 Å². The molecule has 1 atom stereocenters. The number of carbonyl (C=O) groups is 2. The zero-order chi connectivity index (χ0) is 14.9. The summed E-state index contributed by atoms with van der Waals surface area (Å²) >= 11 is 5.71. The number of hydrogen-bond acceptors (Lipinski definition) is 2. The van der Waals surface area contributed by atoms with E-state index in [0.717, 1.165) is 18.9 Å². The lowest BCUT2D eigenvalue weighted by Gasteiger charge is -2.26. The van der Waals surface area contributed by atoms with Crippen LogP contribution in [0.1, 0.15) is 19.8 Å². The van der Waals surface area contributed by atoms with Crippen molar-refractivity contribution in [2.24, 2.45) is 5.92 Å². The maximum absolute atomic E-state index is 13.5. The molecule has 1 fully saturated rings. The Bertz CT molecular complexity index is 563. The maximum atomic E-state index is 13.5. The Balaban J connectivity index is 2.08. The molecule has 0 spiro atoms. The topological polar surface area (TPSA) is 78.4 Å². The highest BCUT2D eigenvalue weighted by atomic mass is 35.5. The van der Waals surface area contributed by atoms with Gasteiger partial charge < -0.3 is 15.7 Å². The summed E-state index contributed by atoms with van der Waals surface area (Å²) in [7, 11) is 0. The first kappa shape index (κ1) is 14.6. The third kappa shape index (κ3) is 3.01. The fourth-order valence-electron chi connectivity index (χ4n) is 1.97. The van der Waals surface area contributed by atoms with Gasteiger partial charge in [-0.05, 0) is 43.9 Å². The van der Waals surface area contributed by atoms with Gasteiger partial charge in [0.1, 0.15) is 11.4 Å². The van der Waals surface area contributed by atoms with Gasteiger partial charge in [0.2, 0.25) is 0 Å². The lowest BCUT2D eigenvalue weighted by molar-refractivity contribution is -0.144. The molecule has 108 valence electrons. The Hall–Kier alpha value is -1.82. The molecule has 2 amide bonds. The molecule has 1 aliphatic carbocycles. The summed E-state index contributed by atoms with van der Waals surface area (Å²) in [4.78, 5) is 23.1. The summed E-state index contributed by atoms with van der Waals surface area (Å²) < 4.78 is 13.5. The van der Waals surface area contributed by atoms with Crippen molar-refractivity contribution in [1.82, 2.24) is 5.32 Å². The van der Waals surface area contributed by atoms with E-state index in [-0.39, 0.29) is 16.6 Å². The van der Waals surface area contributed by atoms with E-state index in [0.29, 0.717) is 0 Å². The molecular weight excluding hydrogens is 287 g/mol. The Morgan fingerprint density at radius 3 is 2.65 bits per heavy atom. The van der Waals surface area contributed by atoms with Crippen LogP contribution in [0.3, 0.4) is 0 Å². The second-order valence-corrected chi connectivity index (χ2v) is 5.42. The minimum absolute atomic E-state index is 0.0986. The Kier molecular flexibility index (Phi) is 3.85. The molecule has 0 heterocycles. The van der Waals surface area contributed by atoms with Gasteiger partial charge in [-0.1, -0.05) is 11.6 Å². The van der Waals surface area contributed by atoms with Crippen LogP contribution in [0.4, 0.5) is 14.9 Å². The number of benzene rings is 1. The van der Waals surface area contributed by atoms with Crippen LogP contribution in [0.15, 0.2) is 18.2 Å². The number of urea groups is 1. The van der Waals surface area contributed by atoms with Crippen molar-refractivity contribution in [3.05, 3.63) is 29.0 Å². The van der Waals surface area contributed by atoms with Crippen LogP contribution < -0.4 is 10.6 Å². The normalized spacial score (nSPS) is 17.1. The highest BCUT2D eigenvalue weighted by molar-refractivity contribution is 6.30. The van der Waals surface area contributed by atoms with Crippen LogP contribution in [0.25, 0.3) is 0 Å². The molecule has 5 nitrogen and oxygen atoms in total. The standard InChI is InChI=1S/C13H14ClFN2O3/c1-13(11(18)19,7-2-3-7)17-12(20)16-10-6-8(14)4-5-9(10)15/h4-7H,2-3H2,1H3,(H,18,19)(H2,16,17,20). The zero-order valence-electron chi connectivity index (χ0n) is 10.7. The van der Waals surface area contributed by atoms with Gasteiger partial charge in [0.15, 0.2) is 0 Å². The summed E-state index contributed by atoms with van der Waals surface area (Å²) in [5.41, 5.74) is -1.45. The summed E-state index contributed by atoms with van der Waals surface area (Å²) in [6, 6.07) is 2.95. The van der Waals surface area contributed by atoms with Crippen molar-refractivity contribution in [3.63, 3.8) is 0 Å². The molecule has 0 bridgehead atoms. The van der Waals surface area contributed by atoms with Crippen molar-refractivity contribution in [3.8, 4) is 0 Å². The van der Waals surface area contributed by atoms with Crippen LogP contribution in [-0.4, -0.2) is 22.6 Å². The summed E-state index contributed by atoms with van der Waals surface area (Å²) in [6.07, 6.45) is 1.49. The number of halogens is 2. The fraction of sp³-hybridized carbons (Fsp3) is 0.385. The Morgan fingerprint density at radius 1 is 1.45 bits per heavy atom. The maximum Gasteiger partial charge on any atom is 0.329 e. The number of aliphatic carboxylic acids is 1. The molecule has 20 heavy (non-hydrogen) atoms. The second kappa shape index (κ2) is 5.28. The lowest BCUT2D eigenvalue weighted by atomic mass is 9.96. The molecule has 1 saturated carbocycles. The second-order valence-electron chi connectivity index (χ2n) is 4.99. The van der Waals surface area contributed by atoms with E-state index in [1.165, 1.54) is 19.1 Å². The number of rotatable bonds is 4. The average Bonchev–Trinajstić information content (AvgIpc) is 3.17. The number of hydrogen-bond donors (Lipinski definition) is 3. The van der Waals surface area contributed by atoms with Crippen LogP contribution in [0.2, 0.25) is 5.02 Å². The molecule has 1 aromatic rings. The molecule has 1 unspecified atom stereocenters. The molecule has 7 heteroatoms. The monoisotopic (exact) mass is 300 g/mol. The summed E-state index contributed by atoms with van der Waals surface area (Å²) in [5, 5.41) is 14.1. The van der Waals surface area contributed by atoms with Gasteiger partial charge in [0, 0.05) is 5.02 Å². The third-order valence-electron chi connectivity index (χ3n) is 3.39. The molecule has 2 rings (SSSR count). The summed E-state index contributed by atoms with van der Waals surface area (Å²) in [5.74, 6) is -1.86. The van der Waals surface area contributed by atoms with Crippen LogP contribution in [0, 0.1) is 11.7 Å². The number of nitrogens with one attached hydrogen (secondary N) is 2. The lowest BCUT2D eigenvalue weighted by Crippen LogP contribution is -2.55. The molecule has 3 N–H and O–H groups in total. The minimum Gasteiger partial charge on any atom is -0.480 e. The number of carboxylic acid groups (broad SMARTS) is 1. The largest absolute Gasteiger partial charge is 0.480 e. The zero-order valence-corrected chi connectivity index (χ0v) is 11.5. The Morgan fingerprint density at radius 2 is 2.10 bits per heavy atom. The van der Waals surface area contributed by atoms with E-state index < -0.39 is 23.4 Å². The van der Waals surface area contributed by atoms with Crippen LogP contribution >= 0.6 is 11.6 Å². The molecule has 0 aliphatic heterocycles. The first-order valence-electron chi connectivity index (χ1n) is 6.10. The minimum atomic E-state index is -1.35. The molecule has 1 aromatic carbocycles. The van der Waals surface area contributed by atoms with E-state index in [1.807, 2.05) is 0 Å². The van der Waals surface area contributed by atoms with Crippen LogP contribution in [0.5, 0.6) is 0 Å². The van der Waals surface area contributed by atoms with Crippen molar-refractivity contribution >= 4 is 29.3 Å². The molecule has 1 aliphatic rings. The highest BCUT2D eigenvalue weighted by Crippen LogP contribution is 2.39. The number of carbonyl (C=O) groups excluding carboxylic acids is 1. The van der Waals surface area contributed by atoms with Gasteiger partial charge in [-0.25, -0.2) is 14.0 Å². The number of amides is 2. The van der Waals surface area contributed by atoms with E-state index in [2.05, 4.69) is 10.6 Å². The highest BCUT2D eigenvalue weighted by Gasteiger charge is 2.48. The smallest absolute Gasteiger partial charge is 0.329 e. The molecular formula is C13H14ClFN2O3. The van der Waals surface area contributed by atoms with Gasteiger partial charge >= 0.3 is 12.0 Å². The third-order valence-corrected chi connectivity index (χ3v) is 3.62. The van der Waals surface area contributed by atoms with Crippen molar-refractivity contribution in [1.29, 1.82) is 0 Å². The fourth-order valence-corrected chi connectivity index (χ4v) is 2.15. The predicted octanol–water partition coefficient (Wildman–Crippen LogP) is 2.85. The van der Waals surface area contributed by atoms with E-state index in [4.69, 9.17) is 11.6 Å². The quantitative estimate of drug-likeness (QED) is 0.800. The van der Waals surface area contributed by atoms with Gasteiger partial charge in [-0.3, -0.25) is 0 Å². The SMILES string of the molecule is CC(NC(=O)Nc1cc(Cl)ccc1F)(C(=O)O)C1CC1. The van der Waals surface area contributed by atoms with E-state index >= 15 is 0 Å². The molecule has 0 aromatic heterocycles. The average molecular weight is 301 g/mol. The van der Waals surface area contributed by atoms with Crippen molar-refractivity contribution in [2.45, 2.75) is 25.3 Å². The first-order chi connectivity index (χ1) is 9.33. The first-order valence-corrected chi connectivity index (χ1v) is 6.48. The van der Waals surface area contributed by atoms with Crippen molar-refractivity contribution < 1.29 is 19.1 Å². The van der Waals surface area contributed by atoms with Gasteiger partial charge in [-0.15, -0.1) is 0 Å². The van der Waals surface area contributed by atoms with Gasteiger partial charge in [0.05, 0.1) is 5.69 Å². The molecule has 0 saturated heterocycles. The number of carboxylic acids is 1.